The van der Waals surface area contributed by atoms with E-state index in [1.165, 1.54) is 109 Å². The first-order valence-electron chi connectivity index (χ1n) is 16.2. The van der Waals surface area contributed by atoms with Gasteiger partial charge in [-0.05, 0) is 98.0 Å². The first-order chi connectivity index (χ1) is 21.7. The van der Waals surface area contributed by atoms with E-state index in [0.717, 1.165) is 12.1 Å². The fourth-order valence-corrected chi connectivity index (χ4v) is 10.4. The molecule has 0 N–H and O–H groups in total. The highest BCUT2D eigenvalue weighted by Gasteiger charge is 2.35. The average Bonchev–Trinajstić information content (AvgIpc) is 3.89. The molecule has 1 atom stereocenters. The standard InChI is InChI=1S/C38H42N2S4/c1-3-5-7-9-11-29-13-15-32(41-29)34-18-17-31(43-34)28-21-24-40-36(27-28)38(22-25-39-26-23-38)37-20-19-35(44-37)33-16-14-30(42-33)12-10-8-6-4-2/h13-22,24-27H,3-12,23H2,1-2H3. The number of thiophene rings is 4. The zero-order valence-corrected chi connectivity index (χ0v) is 29.2. The first kappa shape index (κ1) is 31.3. The minimum atomic E-state index is -0.304. The van der Waals surface area contributed by atoms with Gasteiger partial charge in [-0.15, -0.1) is 45.3 Å². The molecule has 1 aliphatic rings. The highest BCUT2D eigenvalue weighted by molar-refractivity contribution is 7.24. The summed E-state index contributed by atoms with van der Waals surface area (Å²) in [7, 11) is 0. The highest BCUT2D eigenvalue weighted by Crippen LogP contribution is 2.45. The molecule has 1 unspecified atom stereocenters. The molecule has 0 spiro atoms. The van der Waals surface area contributed by atoms with Crippen LogP contribution in [-0.2, 0) is 18.3 Å². The molecule has 5 aromatic heterocycles. The van der Waals surface area contributed by atoms with Gasteiger partial charge in [0.2, 0.25) is 0 Å². The second-order valence-corrected chi connectivity index (χ2v) is 16.2. The lowest BCUT2D eigenvalue weighted by atomic mass is 9.78. The molecule has 228 valence electrons. The van der Waals surface area contributed by atoms with Crippen LogP contribution in [0, 0.1) is 0 Å². The summed E-state index contributed by atoms with van der Waals surface area (Å²) in [6.45, 7) is 4.55. The smallest absolute Gasteiger partial charge is 0.0715 e. The number of rotatable bonds is 15. The third kappa shape index (κ3) is 7.25. The minimum absolute atomic E-state index is 0.304. The molecule has 5 aromatic rings. The van der Waals surface area contributed by atoms with Crippen molar-refractivity contribution in [3.05, 3.63) is 99.5 Å². The van der Waals surface area contributed by atoms with E-state index in [9.17, 15) is 0 Å². The highest BCUT2D eigenvalue weighted by atomic mass is 32.1. The van der Waals surface area contributed by atoms with Crippen molar-refractivity contribution in [3.63, 3.8) is 0 Å². The predicted octanol–water partition coefficient (Wildman–Crippen LogP) is 12.8. The van der Waals surface area contributed by atoms with Gasteiger partial charge in [0.15, 0.2) is 0 Å². The molecule has 0 radical (unpaired) electrons. The van der Waals surface area contributed by atoms with Crippen LogP contribution in [0.5, 0.6) is 0 Å². The van der Waals surface area contributed by atoms with Gasteiger partial charge >= 0.3 is 0 Å². The maximum atomic E-state index is 4.99. The van der Waals surface area contributed by atoms with Crippen LogP contribution in [-0.4, -0.2) is 11.2 Å². The number of hydrogen-bond acceptors (Lipinski definition) is 6. The molecule has 0 fully saturated rings. The van der Waals surface area contributed by atoms with Crippen molar-refractivity contribution in [2.24, 2.45) is 4.99 Å². The van der Waals surface area contributed by atoms with E-state index in [2.05, 4.69) is 85.6 Å². The van der Waals surface area contributed by atoms with Crippen molar-refractivity contribution >= 4 is 51.6 Å². The van der Waals surface area contributed by atoms with E-state index < -0.39 is 0 Å². The number of aryl methyl sites for hydroxylation is 2. The molecule has 0 saturated heterocycles. The number of aliphatic imine (C=N–C) groups is 1. The fourth-order valence-electron chi connectivity index (χ4n) is 5.90. The summed E-state index contributed by atoms with van der Waals surface area (Å²) in [6.07, 6.45) is 22.0. The van der Waals surface area contributed by atoms with Gasteiger partial charge in [-0.2, -0.15) is 0 Å². The molecule has 0 aromatic carbocycles. The molecule has 0 saturated carbocycles. The Morgan fingerprint density at radius 2 is 1.25 bits per heavy atom. The lowest BCUT2D eigenvalue weighted by molar-refractivity contribution is 0.660. The van der Waals surface area contributed by atoms with E-state index in [1.807, 2.05) is 64.0 Å². The van der Waals surface area contributed by atoms with E-state index >= 15 is 0 Å². The predicted molar refractivity (Wildman–Crippen MR) is 197 cm³/mol. The van der Waals surface area contributed by atoms with Crippen LogP contribution in [0.4, 0.5) is 0 Å². The molecule has 0 aliphatic carbocycles. The van der Waals surface area contributed by atoms with Crippen LogP contribution in [0.2, 0.25) is 0 Å². The van der Waals surface area contributed by atoms with Crippen LogP contribution < -0.4 is 0 Å². The van der Waals surface area contributed by atoms with E-state index in [1.54, 1.807) is 0 Å². The van der Waals surface area contributed by atoms with Crippen molar-refractivity contribution in [1.82, 2.24) is 4.98 Å². The van der Waals surface area contributed by atoms with Gasteiger partial charge in [0.25, 0.3) is 0 Å². The molecule has 1 aliphatic heterocycles. The maximum absolute atomic E-state index is 4.99. The summed E-state index contributed by atoms with van der Waals surface area (Å²) in [5, 5.41) is 0. The quantitative estimate of drug-likeness (QED) is 0.103. The van der Waals surface area contributed by atoms with Crippen molar-refractivity contribution in [3.8, 4) is 29.9 Å². The lowest BCUT2D eigenvalue weighted by Gasteiger charge is -2.29. The molecule has 6 heteroatoms. The number of allylic oxidation sites excluding steroid dienone is 1. The largest absolute Gasteiger partial charge is 0.269 e. The van der Waals surface area contributed by atoms with Crippen molar-refractivity contribution in [2.75, 3.05) is 0 Å². The number of hydrogen-bond donors (Lipinski definition) is 0. The number of nitrogens with zero attached hydrogens (tertiary/aromatic N) is 2. The monoisotopic (exact) mass is 654 g/mol. The molecular weight excluding hydrogens is 613 g/mol. The number of pyridine rings is 1. The topological polar surface area (TPSA) is 25.2 Å². The van der Waals surface area contributed by atoms with Gasteiger partial charge in [-0.1, -0.05) is 52.4 Å². The summed E-state index contributed by atoms with van der Waals surface area (Å²) in [4.78, 5) is 20.5. The Hall–Kier alpha value is -2.64. The van der Waals surface area contributed by atoms with Crippen LogP contribution >= 0.6 is 45.3 Å². The zero-order valence-electron chi connectivity index (χ0n) is 25.9. The SMILES string of the molecule is CCCCCCc1ccc(-c2ccc(-c3ccnc(C4(c5ccc(-c6ccc(CCCCCC)s6)s5)C=CN=CC4)c3)s2)s1. The van der Waals surface area contributed by atoms with E-state index in [0.29, 0.717) is 0 Å². The molecule has 2 nitrogen and oxygen atoms in total. The molecule has 0 bridgehead atoms. The molecular formula is C38H42N2S4. The van der Waals surface area contributed by atoms with Gasteiger partial charge < -0.3 is 0 Å². The van der Waals surface area contributed by atoms with E-state index in [-0.39, 0.29) is 5.41 Å². The summed E-state index contributed by atoms with van der Waals surface area (Å²) in [5.41, 5.74) is 2.02. The summed E-state index contributed by atoms with van der Waals surface area (Å²) in [5.74, 6) is 0. The summed E-state index contributed by atoms with van der Waals surface area (Å²) >= 11 is 7.71. The van der Waals surface area contributed by atoms with Crippen molar-refractivity contribution in [1.29, 1.82) is 0 Å². The Balaban J connectivity index is 1.22. The molecule has 44 heavy (non-hydrogen) atoms. The van der Waals surface area contributed by atoms with Crippen molar-refractivity contribution < 1.29 is 0 Å². The summed E-state index contributed by atoms with van der Waals surface area (Å²) < 4.78 is 0. The van der Waals surface area contributed by atoms with Gasteiger partial charge in [0.05, 0.1) is 11.1 Å². The third-order valence-corrected chi connectivity index (χ3v) is 13.6. The minimum Gasteiger partial charge on any atom is -0.269 e. The normalized spacial score (nSPS) is 16.2. The summed E-state index contributed by atoms with van der Waals surface area (Å²) in [6, 6.07) is 23.0. The van der Waals surface area contributed by atoms with Crippen molar-refractivity contribution in [2.45, 2.75) is 89.9 Å². The van der Waals surface area contributed by atoms with E-state index in [4.69, 9.17) is 4.98 Å². The average molecular weight is 655 g/mol. The zero-order chi connectivity index (χ0) is 30.2. The Morgan fingerprint density at radius 3 is 1.91 bits per heavy atom. The number of aromatic nitrogens is 1. The van der Waals surface area contributed by atoms with Crippen LogP contribution in [0.3, 0.4) is 0 Å². The van der Waals surface area contributed by atoms with Gasteiger partial charge in [-0.3, -0.25) is 9.98 Å². The Kier molecular flexibility index (Phi) is 10.8. The second-order valence-electron chi connectivity index (χ2n) is 11.7. The third-order valence-electron chi connectivity index (χ3n) is 8.48. The Labute approximate surface area is 279 Å². The maximum Gasteiger partial charge on any atom is 0.0715 e. The lowest BCUT2D eigenvalue weighted by Crippen LogP contribution is -2.27. The van der Waals surface area contributed by atoms with Gasteiger partial charge in [-0.25, -0.2) is 0 Å². The fraction of sp³-hybridized carbons (Fsp3) is 0.368. The molecule has 6 heterocycles. The second kappa shape index (κ2) is 15.1. The molecule has 6 rings (SSSR count). The Bertz CT molecular complexity index is 1700. The van der Waals surface area contributed by atoms with Crippen LogP contribution in [0.1, 0.15) is 92.0 Å². The Morgan fingerprint density at radius 1 is 0.636 bits per heavy atom. The van der Waals surface area contributed by atoms with Gasteiger partial charge in [0.1, 0.15) is 0 Å². The van der Waals surface area contributed by atoms with Crippen LogP contribution in [0.15, 0.2) is 84.1 Å². The number of unbranched alkanes of at least 4 members (excludes halogenated alkanes) is 6. The first-order valence-corrected chi connectivity index (χ1v) is 19.5. The molecule has 0 amide bonds. The van der Waals surface area contributed by atoms with Gasteiger partial charge in [0, 0.05) is 64.0 Å². The van der Waals surface area contributed by atoms with Crippen LogP contribution in [0.25, 0.3) is 29.9 Å².